The highest BCUT2D eigenvalue weighted by molar-refractivity contribution is 6.32. The highest BCUT2D eigenvalue weighted by Gasteiger charge is 2.19. The summed E-state index contributed by atoms with van der Waals surface area (Å²) in [6, 6.07) is 12.5. The van der Waals surface area contributed by atoms with Crippen LogP contribution in [0.1, 0.15) is 28.5 Å². The molecule has 0 atom stereocenters. The minimum Gasteiger partial charge on any atom is -0.484 e. The van der Waals surface area contributed by atoms with Crippen LogP contribution in [-0.4, -0.2) is 17.0 Å². The molecule has 0 aliphatic rings. The summed E-state index contributed by atoms with van der Waals surface area (Å²) in [4.78, 5) is 24.7. The van der Waals surface area contributed by atoms with Crippen molar-refractivity contribution in [3.63, 3.8) is 0 Å². The molecule has 5 nitrogen and oxygen atoms in total. The third-order valence-electron chi connectivity index (χ3n) is 5.30. The zero-order valence-electron chi connectivity index (χ0n) is 16.4. The lowest BCUT2D eigenvalue weighted by molar-refractivity contribution is 0.0922. The van der Waals surface area contributed by atoms with Gasteiger partial charge in [-0.25, -0.2) is 4.79 Å². The third kappa shape index (κ3) is 3.32. The fourth-order valence-electron chi connectivity index (χ4n) is 3.72. The summed E-state index contributed by atoms with van der Waals surface area (Å²) in [7, 11) is 1.93. The Morgan fingerprint density at radius 2 is 1.93 bits per heavy atom. The number of carbonyl (C=O) groups is 1. The number of benzene rings is 2. The maximum atomic E-state index is 12.9. The van der Waals surface area contributed by atoms with Crippen LogP contribution in [0.4, 0.5) is 0 Å². The fourth-order valence-corrected chi connectivity index (χ4v) is 3.94. The second-order valence-corrected chi connectivity index (χ2v) is 7.38. The van der Waals surface area contributed by atoms with Gasteiger partial charge < -0.3 is 13.7 Å². The Kier molecular flexibility index (Phi) is 4.92. The predicted molar refractivity (Wildman–Crippen MR) is 114 cm³/mol. The van der Waals surface area contributed by atoms with Crippen LogP contribution in [-0.2, 0) is 13.5 Å². The molecule has 0 fully saturated rings. The molecule has 0 N–H and O–H groups in total. The normalized spacial score (nSPS) is 11.3. The molecule has 0 amide bonds. The minimum absolute atomic E-state index is 0.140. The molecule has 0 unspecified atom stereocenters. The van der Waals surface area contributed by atoms with Crippen molar-refractivity contribution in [1.82, 2.24) is 4.57 Å². The number of carbonyl (C=O) groups excluding carboxylic acids is 1. The van der Waals surface area contributed by atoms with Gasteiger partial charge in [0.25, 0.3) is 0 Å². The van der Waals surface area contributed by atoms with Gasteiger partial charge >= 0.3 is 5.63 Å². The second-order valence-electron chi connectivity index (χ2n) is 6.97. The molecule has 2 heterocycles. The van der Waals surface area contributed by atoms with E-state index in [9.17, 15) is 9.59 Å². The lowest BCUT2D eigenvalue weighted by Gasteiger charge is -2.10. The predicted octanol–water partition coefficient (Wildman–Crippen LogP) is 5.07. The molecule has 2 aromatic heterocycles. The summed E-state index contributed by atoms with van der Waals surface area (Å²) in [6.45, 7) is 3.70. The molecule has 4 rings (SSSR count). The summed E-state index contributed by atoms with van der Waals surface area (Å²) < 4.78 is 13.0. The van der Waals surface area contributed by atoms with E-state index in [-0.39, 0.29) is 12.4 Å². The molecule has 29 heavy (non-hydrogen) atoms. The van der Waals surface area contributed by atoms with E-state index in [0.29, 0.717) is 28.3 Å². The van der Waals surface area contributed by atoms with Crippen LogP contribution in [0.15, 0.2) is 51.7 Å². The number of aromatic nitrogens is 1. The molecular formula is C23H20ClNO4. The van der Waals surface area contributed by atoms with Crippen LogP contribution in [0.2, 0.25) is 5.02 Å². The maximum absolute atomic E-state index is 12.9. The van der Waals surface area contributed by atoms with Crippen molar-refractivity contribution in [2.75, 3.05) is 6.61 Å². The van der Waals surface area contributed by atoms with E-state index in [1.807, 2.05) is 49.7 Å². The molecule has 0 aliphatic heterocycles. The minimum atomic E-state index is -0.426. The fraction of sp³-hybridized carbons (Fsp3) is 0.217. The van der Waals surface area contributed by atoms with Gasteiger partial charge in [0.1, 0.15) is 11.3 Å². The van der Waals surface area contributed by atoms with Gasteiger partial charge in [-0.05, 0) is 31.0 Å². The van der Waals surface area contributed by atoms with E-state index in [2.05, 4.69) is 0 Å². The van der Waals surface area contributed by atoms with E-state index >= 15 is 0 Å². The molecule has 0 aliphatic carbocycles. The molecular weight excluding hydrogens is 390 g/mol. The highest BCUT2D eigenvalue weighted by atomic mass is 35.5. The first kappa shape index (κ1) is 19.3. The number of fused-ring (bicyclic) bond motifs is 2. The van der Waals surface area contributed by atoms with Crippen LogP contribution in [0, 0.1) is 6.92 Å². The van der Waals surface area contributed by atoms with Gasteiger partial charge in [0.05, 0.1) is 5.02 Å². The number of ketones is 1. The van der Waals surface area contributed by atoms with Crippen LogP contribution in [0.25, 0.3) is 21.9 Å². The maximum Gasteiger partial charge on any atom is 0.336 e. The summed E-state index contributed by atoms with van der Waals surface area (Å²) in [5.41, 5.74) is 3.33. The summed E-state index contributed by atoms with van der Waals surface area (Å²) in [5, 5.41) is 2.02. The number of nitrogens with zero attached hydrogens (tertiary/aromatic N) is 1. The standard InChI is InChI=1S/C23H20ClNO4/c1-4-14-9-22(27)29-20-11-21(17(24)10-16(14)20)28-12-19(26)23-13(2)25(3)18-8-6-5-7-15(18)23/h5-11H,4,12H2,1-3H3. The number of Topliss-reactive ketones (excluding diaryl/α,β-unsaturated/α-hetero) is 1. The molecule has 4 aromatic rings. The Hall–Kier alpha value is -3.05. The number of halogens is 1. The van der Waals surface area contributed by atoms with Crippen molar-refractivity contribution >= 4 is 39.3 Å². The third-order valence-corrected chi connectivity index (χ3v) is 5.60. The van der Waals surface area contributed by atoms with Crippen molar-refractivity contribution in [1.29, 1.82) is 0 Å². The Morgan fingerprint density at radius 1 is 1.17 bits per heavy atom. The Balaban J connectivity index is 1.67. The molecule has 6 heteroatoms. The molecule has 0 spiro atoms. The number of rotatable bonds is 5. The van der Waals surface area contributed by atoms with Gasteiger partial charge in [0.15, 0.2) is 6.61 Å². The van der Waals surface area contributed by atoms with Crippen molar-refractivity contribution in [3.05, 3.63) is 74.7 Å². The molecule has 0 saturated carbocycles. The summed E-state index contributed by atoms with van der Waals surface area (Å²) in [5.74, 6) is 0.168. The number of hydrogen-bond acceptors (Lipinski definition) is 4. The van der Waals surface area contributed by atoms with Gasteiger partial charge in [0, 0.05) is 46.7 Å². The molecule has 2 aromatic carbocycles. The monoisotopic (exact) mass is 409 g/mol. The first-order valence-electron chi connectivity index (χ1n) is 9.37. The van der Waals surface area contributed by atoms with Gasteiger partial charge in [-0.15, -0.1) is 0 Å². The molecule has 0 radical (unpaired) electrons. The smallest absolute Gasteiger partial charge is 0.336 e. The molecule has 0 saturated heterocycles. The van der Waals surface area contributed by atoms with E-state index in [4.69, 9.17) is 20.8 Å². The lowest BCUT2D eigenvalue weighted by Crippen LogP contribution is -2.13. The van der Waals surface area contributed by atoms with Gasteiger partial charge in [-0.1, -0.05) is 36.7 Å². The zero-order valence-corrected chi connectivity index (χ0v) is 17.2. The van der Waals surface area contributed by atoms with Crippen molar-refractivity contribution in [2.45, 2.75) is 20.3 Å². The summed E-state index contributed by atoms with van der Waals surface area (Å²) >= 11 is 6.37. The first-order chi connectivity index (χ1) is 13.9. The number of ether oxygens (including phenoxy) is 1. The van der Waals surface area contributed by atoms with E-state index in [1.165, 1.54) is 6.07 Å². The van der Waals surface area contributed by atoms with Crippen LogP contribution in [0.3, 0.4) is 0 Å². The largest absolute Gasteiger partial charge is 0.484 e. The number of hydrogen-bond donors (Lipinski definition) is 0. The van der Waals surface area contributed by atoms with Crippen molar-refractivity contribution in [2.24, 2.45) is 7.05 Å². The Bertz CT molecular complexity index is 1320. The summed E-state index contributed by atoms with van der Waals surface area (Å²) in [6.07, 6.45) is 0.678. The Morgan fingerprint density at radius 3 is 2.69 bits per heavy atom. The van der Waals surface area contributed by atoms with Crippen LogP contribution in [0.5, 0.6) is 5.75 Å². The number of para-hydroxylation sites is 1. The average Bonchev–Trinajstić information content (AvgIpc) is 2.96. The first-order valence-corrected chi connectivity index (χ1v) is 9.74. The second kappa shape index (κ2) is 7.41. The SMILES string of the molecule is CCc1cc(=O)oc2cc(OCC(=O)c3c(C)n(C)c4ccccc34)c(Cl)cc12. The topological polar surface area (TPSA) is 61.4 Å². The van der Waals surface area contributed by atoms with E-state index in [0.717, 1.165) is 27.5 Å². The Labute approximate surface area is 172 Å². The van der Waals surface area contributed by atoms with Gasteiger partial charge in [0.2, 0.25) is 5.78 Å². The zero-order chi connectivity index (χ0) is 20.7. The van der Waals surface area contributed by atoms with Gasteiger partial charge in [-0.2, -0.15) is 0 Å². The average molecular weight is 410 g/mol. The van der Waals surface area contributed by atoms with Gasteiger partial charge in [-0.3, -0.25) is 4.79 Å². The van der Waals surface area contributed by atoms with Crippen LogP contribution >= 0.6 is 11.6 Å². The number of aryl methyl sites for hydroxylation is 2. The van der Waals surface area contributed by atoms with Crippen molar-refractivity contribution < 1.29 is 13.9 Å². The van der Waals surface area contributed by atoms with E-state index < -0.39 is 5.63 Å². The van der Waals surface area contributed by atoms with Crippen LogP contribution < -0.4 is 10.4 Å². The molecule has 0 bridgehead atoms. The molecule has 148 valence electrons. The van der Waals surface area contributed by atoms with E-state index in [1.54, 1.807) is 12.1 Å². The van der Waals surface area contributed by atoms with Crippen molar-refractivity contribution in [3.8, 4) is 5.75 Å². The lowest BCUT2D eigenvalue weighted by atomic mass is 10.1. The highest BCUT2D eigenvalue weighted by Crippen LogP contribution is 2.32. The quantitative estimate of drug-likeness (QED) is 0.341.